The maximum atomic E-state index is 14.6. The van der Waals surface area contributed by atoms with E-state index in [4.69, 9.17) is 19.4 Å². The zero-order valence-electron chi connectivity index (χ0n) is 41.2. The number of nitrogens with one attached hydrogen (secondary N) is 2. The number of thiazole rings is 1. The van der Waals surface area contributed by atoms with Gasteiger partial charge in [0.25, 0.3) is 5.91 Å². The van der Waals surface area contributed by atoms with Crippen molar-refractivity contribution in [3.05, 3.63) is 70.3 Å². The Balaban J connectivity index is 0.00000376. The fourth-order valence-corrected chi connectivity index (χ4v) is 10.4. The summed E-state index contributed by atoms with van der Waals surface area (Å²) in [5, 5.41) is 8.02. The van der Waals surface area contributed by atoms with E-state index in [1.807, 2.05) is 46.1 Å². The molecule has 2 saturated heterocycles. The molecule has 3 aliphatic rings. The summed E-state index contributed by atoms with van der Waals surface area (Å²) in [4.78, 5) is 93.0. The number of fused-ring (bicyclic) bond motifs is 6. The van der Waals surface area contributed by atoms with Crippen molar-refractivity contribution < 1.29 is 38.2 Å². The predicted octanol–water partition coefficient (Wildman–Crippen LogP) is 6.32. The number of methoxy groups -OCH3 is 1. The molecule has 4 aromatic rings. The van der Waals surface area contributed by atoms with E-state index in [1.54, 1.807) is 20.4 Å². The number of rotatable bonds is 11. The van der Waals surface area contributed by atoms with Gasteiger partial charge in [-0.1, -0.05) is 47.6 Å². The number of carbonyl (C=O) groups excluding carboxylic acids is 6. The van der Waals surface area contributed by atoms with Crippen LogP contribution in [0.1, 0.15) is 97.0 Å². The second kappa shape index (κ2) is 22.6. The number of cyclic esters (lactones) is 1. The number of benzene rings is 1. The number of ether oxygens (including phenoxy) is 2. The van der Waals surface area contributed by atoms with Crippen LogP contribution in [-0.2, 0) is 57.6 Å². The maximum absolute atomic E-state index is 14.6. The molecule has 2 fully saturated rings. The van der Waals surface area contributed by atoms with Crippen molar-refractivity contribution in [2.75, 3.05) is 40.4 Å². The molecular weight excluding hydrogens is 885 g/mol. The number of allylic oxidation sites excluding steroid dienone is 1. The lowest BCUT2D eigenvalue weighted by atomic mass is 9.84. The monoisotopic (exact) mass is 952 g/mol. The van der Waals surface area contributed by atoms with Crippen LogP contribution < -0.4 is 10.7 Å². The number of hydrogen-bond donors (Lipinski definition) is 2. The first-order chi connectivity index (χ1) is 32.5. The van der Waals surface area contributed by atoms with Gasteiger partial charge in [0.1, 0.15) is 24.4 Å². The molecular formula is C51H68N8O8S. The van der Waals surface area contributed by atoms with Gasteiger partial charge in [0.15, 0.2) is 0 Å². The van der Waals surface area contributed by atoms with Crippen LogP contribution in [-0.4, -0.2) is 124 Å². The first-order valence-corrected chi connectivity index (χ1v) is 24.7. The average molecular weight is 953 g/mol. The summed E-state index contributed by atoms with van der Waals surface area (Å²) in [6.45, 7) is 17.6. The summed E-state index contributed by atoms with van der Waals surface area (Å²) in [5.41, 5.74) is 9.16. The second-order valence-corrected chi connectivity index (χ2v) is 19.6. The minimum Gasteiger partial charge on any atom is -0.464 e. The van der Waals surface area contributed by atoms with E-state index in [0.717, 1.165) is 50.8 Å². The molecule has 6 heterocycles. The number of hydrogen-bond acceptors (Lipinski definition) is 12. The van der Waals surface area contributed by atoms with Gasteiger partial charge in [-0.15, -0.1) is 11.3 Å². The van der Waals surface area contributed by atoms with Gasteiger partial charge >= 0.3 is 5.97 Å². The molecule has 17 heteroatoms. The van der Waals surface area contributed by atoms with Gasteiger partial charge in [0, 0.05) is 91.9 Å². The highest BCUT2D eigenvalue weighted by Gasteiger charge is 2.40. The number of amides is 4. The van der Waals surface area contributed by atoms with Crippen LogP contribution in [0.15, 0.2) is 54.1 Å². The molecule has 68 heavy (non-hydrogen) atoms. The lowest BCUT2D eigenvalue weighted by Gasteiger charge is -2.36. The average Bonchev–Trinajstić information content (AvgIpc) is 4.10. The van der Waals surface area contributed by atoms with Crippen LogP contribution in [0.4, 0.5) is 0 Å². The Morgan fingerprint density at radius 2 is 1.88 bits per heavy atom. The molecule has 366 valence electrons. The van der Waals surface area contributed by atoms with Gasteiger partial charge in [0.2, 0.25) is 17.7 Å². The molecule has 6 bridgehead atoms. The van der Waals surface area contributed by atoms with Crippen LogP contribution in [0, 0.1) is 17.3 Å². The summed E-state index contributed by atoms with van der Waals surface area (Å²) in [6.07, 6.45) is 6.35. The third-order valence-corrected chi connectivity index (χ3v) is 13.9. The lowest BCUT2D eigenvalue weighted by Crippen LogP contribution is -2.62. The van der Waals surface area contributed by atoms with E-state index in [0.29, 0.717) is 56.6 Å². The van der Waals surface area contributed by atoms with Crippen molar-refractivity contribution >= 4 is 58.1 Å². The normalized spacial score (nSPS) is 20.6. The molecule has 0 aliphatic carbocycles. The minimum absolute atomic E-state index is 0.0541. The Labute approximate surface area is 403 Å². The zero-order valence-corrected chi connectivity index (χ0v) is 42.0. The van der Waals surface area contributed by atoms with Crippen molar-refractivity contribution in [2.24, 2.45) is 17.3 Å². The molecule has 1 aromatic carbocycles. The number of pyridine rings is 1. The van der Waals surface area contributed by atoms with Gasteiger partial charge < -0.3 is 29.2 Å². The third kappa shape index (κ3) is 11.2. The van der Waals surface area contributed by atoms with Crippen LogP contribution in [0.5, 0.6) is 0 Å². The van der Waals surface area contributed by atoms with E-state index in [2.05, 4.69) is 60.3 Å². The Kier molecular flexibility index (Phi) is 17.1. The van der Waals surface area contributed by atoms with E-state index in [1.165, 1.54) is 32.2 Å². The van der Waals surface area contributed by atoms with Gasteiger partial charge in [-0.3, -0.25) is 38.8 Å². The zero-order chi connectivity index (χ0) is 49.4. The number of aldehydes is 1. The topological polar surface area (TPSA) is 185 Å². The predicted molar refractivity (Wildman–Crippen MR) is 262 cm³/mol. The molecule has 7 rings (SSSR count). The molecule has 0 saturated carbocycles. The molecule has 0 spiro atoms. The van der Waals surface area contributed by atoms with E-state index in [9.17, 15) is 28.8 Å². The number of carbonyl (C=O) groups is 6. The summed E-state index contributed by atoms with van der Waals surface area (Å²) in [7, 11) is 3.25. The Bertz CT molecular complexity index is 2510. The molecule has 5 unspecified atom stereocenters. The third-order valence-electron chi connectivity index (χ3n) is 13.0. The van der Waals surface area contributed by atoms with Crippen molar-refractivity contribution in [3.8, 4) is 22.5 Å². The molecule has 0 radical (unpaired) electrons. The summed E-state index contributed by atoms with van der Waals surface area (Å²) in [5.74, 6) is -2.98. The Morgan fingerprint density at radius 3 is 2.59 bits per heavy atom. The SMILES string of the molecule is CC.CCn1c(-c2cccnc2C(C)OC)c2c3cc(ccc31)-c1csc(n1)CC(NC(=O)C(C(C)C)N(C)C(=O)C1CCN(C(=O)/C=C/C=O)C1)C(=O)N1CCCC(N1)C(=O)OCC(C)(C)C2. The summed E-state index contributed by atoms with van der Waals surface area (Å²) in [6, 6.07) is 7.50. The van der Waals surface area contributed by atoms with Gasteiger partial charge in [0.05, 0.1) is 40.7 Å². The number of aryl methyl sites for hydroxylation is 1. The number of nitrogens with zero attached hydrogens (tertiary/aromatic N) is 6. The number of aromatic nitrogens is 3. The fourth-order valence-electron chi connectivity index (χ4n) is 9.56. The van der Waals surface area contributed by atoms with E-state index in [-0.39, 0.29) is 43.4 Å². The second-order valence-electron chi connectivity index (χ2n) is 18.7. The minimum atomic E-state index is -1.11. The summed E-state index contributed by atoms with van der Waals surface area (Å²) >= 11 is 1.39. The highest BCUT2D eigenvalue weighted by Crippen LogP contribution is 2.42. The summed E-state index contributed by atoms with van der Waals surface area (Å²) < 4.78 is 14.2. The van der Waals surface area contributed by atoms with Crippen LogP contribution >= 0.6 is 11.3 Å². The quantitative estimate of drug-likeness (QED) is 0.0975. The number of esters is 1. The molecule has 3 aliphatic heterocycles. The van der Waals surface area contributed by atoms with Gasteiger partial charge in [-0.25, -0.2) is 10.4 Å². The first kappa shape index (κ1) is 51.6. The van der Waals surface area contributed by atoms with E-state index >= 15 is 0 Å². The van der Waals surface area contributed by atoms with Gasteiger partial charge in [-0.2, -0.15) is 0 Å². The highest BCUT2D eigenvalue weighted by atomic mass is 32.1. The van der Waals surface area contributed by atoms with Crippen LogP contribution in [0.2, 0.25) is 0 Å². The molecule has 4 amide bonds. The number of hydrazine groups is 1. The molecule has 5 atom stereocenters. The van der Waals surface area contributed by atoms with Crippen molar-refractivity contribution in [1.29, 1.82) is 0 Å². The number of likely N-dealkylation sites (tertiary alicyclic amines) is 1. The largest absolute Gasteiger partial charge is 0.464 e. The van der Waals surface area contributed by atoms with Crippen molar-refractivity contribution in [3.63, 3.8) is 0 Å². The Morgan fingerprint density at radius 1 is 1.12 bits per heavy atom. The fraction of sp³-hybridized carbons (Fsp3) is 0.529. The van der Waals surface area contributed by atoms with Crippen molar-refractivity contribution in [2.45, 2.75) is 118 Å². The lowest BCUT2D eigenvalue weighted by molar-refractivity contribution is -0.155. The molecule has 16 nitrogen and oxygen atoms in total. The van der Waals surface area contributed by atoms with Gasteiger partial charge in [-0.05, 0) is 81.4 Å². The van der Waals surface area contributed by atoms with Crippen molar-refractivity contribution in [1.82, 2.24) is 40.1 Å². The Hall–Kier alpha value is -5.78. The first-order valence-electron chi connectivity index (χ1n) is 23.9. The van der Waals surface area contributed by atoms with E-state index < -0.39 is 47.2 Å². The highest BCUT2D eigenvalue weighted by molar-refractivity contribution is 7.10. The standard InChI is InChI=1S/C49H62N8O8S.C2H6/c1-9-56-39-17-16-31-23-34(39)35(44(56)33-13-10-19-50-42(33)30(4)64-8)25-49(5,6)28-65-48(63)36-14-11-20-57(53-36)47(62)37(24-40-51-38(31)27-66-40)52-45(60)43(29(2)3)54(7)46(61)32-18-21-55(26-32)41(59)15-12-22-58;1-2/h10,12-13,15-17,19,22-23,27,29-30,32,36-37,43,53H,9,11,14,18,20-21,24-26,28H2,1-8H3,(H,52,60);1-2H3/b15-12+;. The van der Waals surface area contributed by atoms with Crippen LogP contribution in [0.25, 0.3) is 33.4 Å². The smallest absolute Gasteiger partial charge is 0.324 e. The maximum Gasteiger partial charge on any atom is 0.324 e. The number of likely N-dealkylation sites (N-methyl/N-ethyl adjacent to an activating group) is 1. The van der Waals surface area contributed by atoms with Crippen LogP contribution in [0.3, 0.4) is 0 Å². The molecule has 2 N–H and O–H groups in total. The molecule has 3 aromatic heterocycles.